The lowest BCUT2D eigenvalue weighted by molar-refractivity contribution is 0.534. The Balaban J connectivity index is 2.07. The Hall–Kier alpha value is -0.580. The predicted octanol–water partition coefficient (Wildman–Crippen LogP) is 3.49. The number of rotatable bonds is 5. The minimum atomic E-state index is 0.622. The van der Waals surface area contributed by atoms with Crippen molar-refractivity contribution < 1.29 is 0 Å². The molecule has 0 bridgehead atoms. The Morgan fingerprint density at radius 1 is 1.53 bits per heavy atom. The molecule has 0 fully saturated rings. The molecule has 1 N–H and O–H groups in total. The highest BCUT2D eigenvalue weighted by Gasteiger charge is 2.12. The molecule has 0 aromatic carbocycles. The quantitative estimate of drug-likeness (QED) is 0.844. The number of aryl methyl sites for hydroxylation is 1. The van der Waals surface area contributed by atoms with Crippen LogP contribution in [-0.4, -0.2) is 15.9 Å². The van der Waals surface area contributed by atoms with Gasteiger partial charge in [0.05, 0.1) is 5.69 Å². The first-order chi connectivity index (χ1) is 8.09. The fourth-order valence-electron chi connectivity index (χ4n) is 1.79. The lowest BCUT2D eigenvalue weighted by Gasteiger charge is -2.07. The van der Waals surface area contributed by atoms with Crippen molar-refractivity contribution in [3.63, 3.8) is 0 Å². The van der Waals surface area contributed by atoms with E-state index in [0.717, 1.165) is 29.7 Å². The van der Waals surface area contributed by atoms with Crippen LogP contribution in [0.4, 0.5) is 0 Å². The Kier molecular flexibility index (Phi) is 4.07. The maximum absolute atomic E-state index is 6.16. The van der Waals surface area contributed by atoms with Crippen LogP contribution in [0.2, 0.25) is 5.15 Å². The molecule has 17 heavy (non-hydrogen) atoms. The Morgan fingerprint density at radius 2 is 2.29 bits per heavy atom. The van der Waals surface area contributed by atoms with E-state index in [1.807, 2.05) is 0 Å². The summed E-state index contributed by atoms with van der Waals surface area (Å²) in [5, 5.41) is 6.16. The van der Waals surface area contributed by atoms with Crippen LogP contribution in [0, 0.1) is 12.8 Å². The maximum Gasteiger partial charge on any atom is 0.195 e. The number of thiazole rings is 1. The summed E-state index contributed by atoms with van der Waals surface area (Å²) >= 11 is 7.79. The summed E-state index contributed by atoms with van der Waals surface area (Å²) < 4.78 is 2.13. The van der Waals surface area contributed by atoms with Gasteiger partial charge in [-0.15, -0.1) is 11.3 Å². The molecular formula is C12H18ClN3S. The predicted molar refractivity (Wildman–Crippen MR) is 74.0 cm³/mol. The van der Waals surface area contributed by atoms with Gasteiger partial charge in [0.25, 0.3) is 0 Å². The van der Waals surface area contributed by atoms with Gasteiger partial charge < -0.3 is 5.32 Å². The Labute approximate surface area is 111 Å². The number of hydrogen-bond acceptors (Lipinski definition) is 3. The van der Waals surface area contributed by atoms with Gasteiger partial charge in [0.1, 0.15) is 0 Å². The maximum atomic E-state index is 6.16. The molecule has 0 spiro atoms. The third kappa shape index (κ3) is 2.81. The molecule has 0 aliphatic rings. The topological polar surface area (TPSA) is 29.3 Å². The zero-order valence-corrected chi connectivity index (χ0v) is 12.0. The summed E-state index contributed by atoms with van der Waals surface area (Å²) in [5.74, 6) is 0.728. The van der Waals surface area contributed by atoms with Crippen LogP contribution in [-0.2, 0) is 6.54 Å². The first-order valence-electron chi connectivity index (χ1n) is 5.91. The fourth-order valence-corrected chi connectivity index (χ4v) is 2.96. The molecule has 0 amide bonds. The molecule has 5 heteroatoms. The molecule has 0 aliphatic heterocycles. The van der Waals surface area contributed by atoms with Crippen molar-refractivity contribution in [2.75, 3.05) is 6.54 Å². The van der Waals surface area contributed by atoms with Gasteiger partial charge in [-0.05, 0) is 25.8 Å². The van der Waals surface area contributed by atoms with Crippen molar-refractivity contribution >= 4 is 27.9 Å². The number of hydrogen-bond donors (Lipinski definition) is 1. The smallest absolute Gasteiger partial charge is 0.195 e. The lowest BCUT2D eigenvalue weighted by atomic mass is 10.1. The monoisotopic (exact) mass is 271 g/mol. The highest BCUT2D eigenvalue weighted by atomic mass is 35.5. The van der Waals surface area contributed by atoms with Crippen LogP contribution >= 0.6 is 22.9 Å². The van der Waals surface area contributed by atoms with E-state index >= 15 is 0 Å². The van der Waals surface area contributed by atoms with Gasteiger partial charge in [-0.25, -0.2) is 4.98 Å². The molecule has 94 valence electrons. The molecule has 2 rings (SSSR count). The van der Waals surface area contributed by atoms with Gasteiger partial charge in [-0.2, -0.15) is 0 Å². The Bertz CT molecular complexity index is 501. The third-order valence-electron chi connectivity index (χ3n) is 2.77. The third-order valence-corrected chi connectivity index (χ3v) is 4.02. The summed E-state index contributed by atoms with van der Waals surface area (Å²) in [6.45, 7) is 8.34. The number of nitrogens with one attached hydrogen (secondary N) is 1. The first-order valence-corrected chi connectivity index (χ1v) is 7.17. The van der Waals surface area contributed by atoms with Crippen LogP contribution in [0.15, 0.2) is 5.38 Å². The van der Waals surface area contributed by atoms with Crippen molar-refractivity contribution in [2.24, 2.45) is 5.92 Å². The van der Waals surface area contributed by atoms with Gasteiger partial charge in [0, 0.05) is 17.6 Å². The normalized spacial score (nSPS) is 11.8. The highest BCUT2D eigenvalue weighted by molar-refractivity contribution is 7.15. The van der Waals surface area contributed by atoms with Crippen LogP contribution in [0.1, 0.15) is 31.7 Å². The number of halogens is 1. The molecule has 0 atom stereocenters. The fraction of sp³-hybridized carbons (Fsp3) is 0.583. The Morgan fingerprint density at radius 3 is 3.00 bits per heavy atom. The number of fused-ring (bicyclic) bond motifs is 1. The zero-order chi connectivity index (χ0) is 12.4. The van der Waals surface area contributed by atoms with E-state index in [0.29, 0.717) is 5.15 Å². The van der Waals surface area contributed by atoms with E-state index in [-0.39, 0.29) is 0 Å². The number of nitrogens with zero attached hydrogens (tertiary/aromatic N) is 2. The molecule has 3 nitrogen and oxygen atoms in total. The second-order valence-electron chi connectivity index (χ2n) is 4.70. The lowest BCUT2D eigenvalue weighted by Crippen LogP contribution is -2.17. The molecule has 0 radical (unpaired) electrons. The van der Waals surface area contributed by atoms with E-state index < -0.39 is 0 Å². The van der Waals surface area contributed by atoms with Crippen LogP contribution < -0.4 is 5.32 Å². The van der Waals surface area contributed by atoms with Gasteiger partial charge in [0.15, 0.2) is 10.1 Å². The SMILES string of the molecule is Cc1csc2nc(Cl)c(CNCCC(C)C)n12. The van der Waals surface area contributed by atoms with Crippen molar-refractivity contribution in [1.29, 1.82) is 0 Å². The molecule has 2 aromatic heterocycles. The average molecular weight is 272 g/mol. The van der Waals surface area contributed by atoms with E-state index in [4.69, 9.17) is 11.6 Å². The van der Waals surface area contributed by atoms with Gasteiger partial charge in [0.2, 0.25) is 0 Å². The van der Waals surface area contributed by atoms with Crippen molar-refractivity contribution in [2.45, 2.75) is 33.7 Å². The zero-order valence-electron chi connectivity index (χ0n) is 10.5. The molecular weight excluding hydrogens is 254 g/mol. The highest BCUT2D eigenvalue weighted by Crippen LogP contribution is 2.23. The first kappa shape index (κ1) is 12.9. The van der Waals surface area contributed by atoms with Crippen LogP contribution in [0.5, 0.6) is 0 Å². The summed E-state index contributed by atoms with van der Waals surface area (Å²) in [7, 11) is 0. The molecule has 0 unspecified atom stereocenters. The van der Waals surface area contributed by atoms with Crippen molar-refractivity contribution in [1.82, 2.24) is 14.7 Å². The summed E-state index contributed by atoms with van der Waals surface area (Å²) in [6, 6.07) is 0. The van der Waals surface area contributed by atoms with Crippen molar-refractivity contribution in [3.05, 3.63) is 21.9 Å². The van der Waals surface area contributed by atoms with Crippen molar-refractivity contribution in [3.8, 4) is 0 Å². The number of imidazole rings is 1. The number of aromatic nitrogens is 2. The standard InChI is InChI=1S/C12H18ClN3S/c1-8(2)4-5-14-6-10-11(13)15-12-16(10)9(3)7-17-12/h7-8,14H,4-6H2,1-3H3. The van der Waals surface area contributed by atoms with Crippen LogP contribution in [0.3, 0.4) is 0 Å². The minimum absolute atomic E-state index is 0.622. The molecule has 0 saturated heterocycles. The largest absolute Gasteiger partial charge is 0.311 e. The van der Waals surface area contributed by atoms with Crippen LogP contribution in [0.25, 0.3) is 4.96 Å². The molecule has 0 saturated carbocycles. The van der Waals surface area contributed by atoms with E-state index in [9.17, 15) is 0 Å². The molecule has 2 aromatic rings. The summed E-state index contributed by atoms with van der Waals surface area (Å²) in [4.78, 5) is 5.33. The summed E-state index contributed by atoms with van der Waals surface area (Å²) in [5.41, 5.74) is 2.27. The van der Waals surface area contributed by atoms with Gasteiger partial charge >= 0.3 is 0 Å². The van der Waals surface area contributed by atoms with E-state index in [2.05, 4.69) is 40.9 Å². The van der Waals surface area contributed by atoms with Gasteiger partial charge in [-0.3, -0.25) is 4.40 Å². The second kappa shape index (κ2) is 5.38. The van der Waals surface area contributed by atoms with Gasteiger partial charge in [-0.1, -0.05) is 25.4 Å². The molecule has 0 aliphatic carbocycles. The van der Waals surface area contributed by atoms with E-state index in [1.54, 1.807) is 11.3 Å². The average Bonchev–Trinajstić information content (AvgIpc) is 2.75. The molecule has 2 heterocycles. The minimum Gasteiger partial charge on any atom is -0.311 e. The summed E-state index contributed by atoms with van der Waals surface area (Å²) in [6.07, 6.45) is 1.18. The van der Waals surface area contributed by atoms with E-state index in [1.165, 1.54) is 12.1 Å². The second-order valence-corrected chi connectivity index (χ2v) is 5.90.